The van der Waals surface area contributed by atoms with Gasteiger partial charge in [0.25, 0.3) is 0 Å². The van der Waals surface area contributed by atoms with Gasteiger partial charge in [0.2, 0.25) is 0 Å². The molecular weight excluding hydrogens is 304 g/mol. The van der Waals surface area contributed by atoms with E-state index in [0.29, 0.717) is 0 Å². The zero-order chi connectivity index (χ0) is 15.9. The minimum absolute atomic E-state index is 0.901. The number of morpholine rings is 1. The zero-order valence-corrected chi connectivity index (χ0v) is 14.8. The van der Waals surface area contributed by atoms with Crippen LogP contribution >= 0.6 is 11.3 Å². The molecule has 124 valence electrons. The topological polar surface area (TPSA) is 25.4 Å². The summed E-state index contributed by atoms with van der Waals surface area (Å²) in [6.07, 6.45) is 6.77. The number of ether oxygens (including phenoxy) is 1. The molecule has 0 amide bonds. The average Bonchev–Trinajstić information content (AvgIpc) is 3.09. The second-order valence-corrected chi connectivity index (χ2v) is 7.21. The Morgan fingerprint density at radius 3 is 2.61 bits per heavy atom. The highest BCUT2D eigenvalue weighted by Crippen LogP contribution is 2.25. The van der Waals surface area contributed by atoms with E-state index in [0.717, 1.165) is 37.7 Å². The van der Waals surface area contributed by atoms with Crippen molar-refractivity contribution in [3.8, 4) is 10.6 Å². The van der Waals surface area contributed by atoms with Crippen LogP contribution in [0, 0.1) is 0 Å². The standard InChI is InChI=1S/C19H26N2OS/c1-2-18-15-20-19(23-18)17-8-6-16(7-9-17)5-3-4-10-21-11-13-22-14-12-21/h6-9,15H,2-5,10-14H2,1H3. The van der Waals surface area contributed by atoms with Gasteiger partial charge in [-0.3, -0.25) is 4.90 Å². The fourth-order valence-electron chi connectivity index (χ4n) is 2.91. The number of benzene rings is 1. The Morgan fingerprint density at radius 1 is 1.13 bits per heavy atom. The molecule has 0 atom stereocenters. The van der Waals surface area contributed by atoms with Gasteiger partial charge in [0, 0.05) is 29.7 Å². The molecule has 23 heavy (non-hydrogen) atoms. The third kappa shape index (κ3) is 4.87. The van der Waals surface area contributed by atoms with Crippen molar-refractivity contribution in [3.05, 3.63) is 40.9 Å². The lowest BCUT2D eigenvalue weighted by Gasteiger charge is -2.26. The third-order valence-electron chi connectivity index (χ3n) is 4.40. The van der Waals surface area contributed by atoms with Crippen LogP contribution in [0.15, 0.2) is 30.5 Å². The van der Waals surface area contributed by atoms with Gasteiger partial charge in [-0.05, 0) is 37.8 Å². The number of rotatable bonds is 7. The fraction of sp³-hybridized carbons (Fsp3) is 0.526. The molecule has 0 radical (unpaired) electrons. The number of nitrogens with zero attached hydrogens (tertiary/aromatic N) is 2. The maximum absolute atomic E-state index is 5.39. The van der Waals surface area contributed by atoms with Crippen molar-refractivity contribution in [2.45, 2.75) is 32.6 Å². The average molecular weight is 330 g/mol. The van der Waals surface area contributed by atoms with Gasteiger partial charge in [-0.2, -0.15) is 0 Å². The van der Waals surface area contributed by atoms with Crippen molar-refractivity contribution >= 4 is 11.3 Å². The van der Waals surface area contributed by atoms with Gasteiger partial charge in [-0.25, -0.2) is 4.98 Å². The summed E-state index contributed by atoms with van der Waals surface area (Å²) >= 11 is 1.80. The molecule has 2 aromatic rings. The van der Waals surface area contributed by atoms with Crippen LogP contribution in [0.5, 0.6) is 0 Å². The lowest BCUT2D eigenvalue weighted by molar-refractivity contribution is 0.0372. The van der Waals surface area contributed by atoms with E-state index in [1.165, 1.54) is 41.8 Å². The van der Waals surface area contributed by atoms with Gasteiger partial charge in [-0.15, -0.1) is 11.3 Å². The van der Waals surface area contributed by atoms with E-state index in [9.17, 15) is 0 Å². The summed E-state index contributed by atoms with van der Waals surface area (Å²) in [5, 5.41) is 1.14. The summed E-state index contributed by atoms with van der Waals surface area (Å²) in [5.41, 5.74) is 2.68. The summed E-state index contributed by atoms with van der Waals surface area (Å²) in [4.78, 5) is 8.39. The Hall–Kier alpha value is -1.23. The van der Waals surface area contributed by atoms with E-state index in [4.69, 9.17) is 4.74 Å². The number of aromatic nitrogens is 1. The van der Waals surface area contributed by atoms with Crippen LogP contribution in [0.1, 0.15) is 30.2 Å². The summed E-state index contributed by atoms with van der Waals surface area (Å²) in [7, 11) is 0. The monoisotopic (exact) mass is 330 g/mol. The largest absolute Gasteiger partial charge is 0.379 e. The SMILES string of the molecule is CCc1cnc(-c2ccc(CCCCN3CCOCC3)cc2)s1. The molecule has 0 spiro atoms. The summed E-state index contributed by atoms with van der Waals surface area (Å²) in [6, 6.07) is 8.96. The quantitative estimate of drug-likeness (QED) is 0.717. The van der Waals surface area contributed by atoms with Gasteiger partial charge < -0.3 is 4.74 Å². The first-order valence-corrected chi connectivity index (χ1v) is 9.51. The number of hydrogen-bond acceptors (Lipinski definition) is 4. The Morgan fingerprint density at radius 2 is 1.91 bits per heavy atom. The smallest absolute Gasteiger partial charge is 0.123 e. The van der Waals surface area contributed by atoms with E-state index < -0.39 is 0 Å². The predicted octanol–water partition coefficient (Wildman–Crippen LogP) is 4.03. The van der Waals surface area contributed by atoms with Gasteiger partial charge in [0.15, 0.2) is 0 Å². The molecule has 0 aliphatic carbocycles. The van der Waals surface area contributed by atoms with Gasteiger partial charge in [0.1, 0.15) is 5.01 Å². The first-order valence-electron chi connectivity index (χ1n) is 8.69. The highest BCUT2D eigenvalue weighted by atomic mass is 32.1. The highest BCUT2D eigenvalue weighted by molar-refractivity contribution is 7.15. The van der Waals surface area contributed by atoms with E-state index in [1.807, 2.05) is 6.20 Å². The molecule has 3 rings (SSSR count). The molecule has 1 aliphatic heterocycles. The number of hydrogen-bond donors (Lipinski definition) is 0. The second kappa shape index (κ2) is 8.57. The van der Waals surface area contributed by atoms with Crippen LogP contribution in [-0.2, 0) is 17.6 Å². The summed E-state index contributed by atoms with van der Waals surface area (Å²) in [5.74, 6) is 0. The van der Waals surface area contributed by atoms with Crippen molar-refractivity contribution in [1.29, 1.82) is 0 Å². The zero-order valence-electron chi connectivity index (χ0n) is 14.0. The van der Waals surface area contributed by atoms with Crippen LogP contribution in [0.4, 0.5) is 0 Å². The Balaban J connectivity index is 1.44. The van der Waals surface area contributed by atoms with Gasteiger partial charge in [0.05, 0.1) is 13.2 Å². The maximum atomic E-state index is 5.39. The van der Waals surface area contributed by atoms with Gasteiger partial charge in [-0.1, -0.05) is 31.2 Å². The number of unbranched alkanes of at least 4 members (excludes halogenated alkanes) is 1. The van der Waals surface area contributed by atoms with Crippen molar-refractivity contribution < 1.29 is 4.74 Å². The minimum atomic E-state index is 0.901. The maximum Gasteiger partial charge on any atom is 0.123 e. The summed E-state index contributed by atoms with van der Waals surface area (Å²) in [6.45, 7) is 7.39. The molecule has 1 aromatic carbocycles. The fourth-order valence-corrected chi connectivity index (χ4v) is 3.77. The van der Waals surface area contributed by atoms with Crippen molar-refractivity contribution in [1.82, 2.24) is 9.88 Å². The molecule has 0 saturated carbocycles. The van der Waals surface area contributed by atoms with Crippen LogP contribution in [-0.4, -0.2) is 42.7 Å². The van der Waals surface area contributed by atoms with Crippen LogP contribution < -0.4 is 0 Å². The molecule has 0 N–H and O–H groups in total. The van der Waals surface area contributed by atoms with Crippen LogP contribution in [0.3, 0.4) is 0 Å². The summed E-state index contributed by atoms with van der Waals surface area (Å²) < 4.78 is 5.39. The van der Waals surface area contributed by atoms with E-state index in [-0.39, 0.29) is 0 Å². The Bertz CT molecular complexity index is 588. The number of thiazole rings is 1. The molecule has 4 heteroatoms. The van der Waals surface area contributed by atoms with Gasteiger partial charge >= 0.3 is 0 Å². The molecule has 1 fully saturated rings. The van der Waals surface area contributed by atoms with E-state index in [1.54, 1.807) is 11.3 Å². The molecule has 1 aromatic heterocycles. The predicted molar refractivity (Wildman–Crippen MR) is 97.1 cm³/mol. The van der Waals surface area contributed by atoms with Crippen LogP contribution in [0.25, 0.3) is 10.6 Å². The Kier molecular flexibility index (Phi) is 6.20. The minimum Gasteiger partial charge on any atom is -0.379 e. The van der Waals surface area contributed by atoms with E-state index >= 15 is 0 Å². The normalized spacial score (nSPS) is 15.9. The highest BCUT2D eigenvalue weighted by Gasteiger charge is 2.09. The van der Waals surface area contributed by atoms with Crippen molar-refractivity contribution in [2.24, 2.45) is 0 Å². The van der Waals surface area contributed by atoms with Crippen molar-refractivity contribution in [3.63, 3.8) is 0 Å². The molecule has 3 nitrogen and oxygen atoms in total. The lowest BCUT2D eigenvalue weighted by Crippen LogP contribution is -2.36. The Labute approximate surface area is 143 Å². The second-order valence-electron chi connectivity index (χ2n) is 6.09. The molecule has 0 unspecified atom stereocenters. The number of aryl methyl sites for hydroxylation is 2. The first-order chi connectivity index (χ1) is 11.3. The third-order valence-corrected chi connectivity index (χ3v) is 5.59. The molecule has 2 heterocycles. The molecule has 1 saturated heterocycles. The molecular formula is C19H26N2OS. The first kappa shape index (κ1) is 16.6. The van der Waals surface area contributed by atoms with E-state index in [2.05, 4.69) is 41.1 Å². The molecule has 1 aliphatic rings. The van der Waals surface area contributed by atoms with Crippen molar-refractivity contribution in [2.75, 3.05) is 32.8 Å². The molecule has 0 bridgehead atoms. The lowest BCUT2D eigenvalue weighted by atomic mass is 10.1. The van der Waals surface area contributed by atoms with Crippen LogP contribution in [0.2, 0.25) is 0 Å².